The highest BCUT2D eigenvalue weighted by Crippen LogP contribution is 2.43. The maximum absolute atomic E-state index is 2.79. The summed E-state index contributed by atoms with van der Waals surface area (Å²) in [7, 11) is -2.79. The van der Waals surface area contributed by atoms with E-state index in [2.05, 4.69) is 287 Å². The quantitative estimate of drug-likeness (QED) is 0.107. The van der Waals surface area contributed by atoms with Gasteiger partial charge in [-0.3, -0.25) is 0 Å². The molecule has 0 aliphatic rings. The Morgan fingerprint density at radius 1 is 0.243 bits per heavy atom. The summed E-state index contributed by atoms with van der Waals surface area (Å²) < 4.78 is 7.51. The molecule has 0 unspecified atom stereocenters. The Bertz CT molecular complexity index is 4130. The predicted octanol–water partition coefficient (Wildman–Crippen LogP) is 14.0. The maximum Gasteiger partial charge on any atom is 0.179 e. The van der Waals surface area contributed by atoms with Gasteiger partial charge in [-0.05, 0) is 74.8 Å². The van der Waals surface area contributed by atoms with Gasteiger partial charge < -0.3 is 13.7 Å². The SMILES string of the molecule is c1ccc(-c2ccccc2-n2c3cc(-n4c5ccccc5c5cc([Si](c6ccccc6)(c6ccccc6)c6ccccc6)ccc54)ccc3c3cccc(-n4c5ccccc5c5ccccc54)c32)cc1. The van der Waals surface area contributed by atoms with Crippen LogP contribution in [0.25, 0.3) is 93.6 Å². The second-order valence-electron chi connectivity index (χ2n) is 18.4. The zero-order chi connectivity index (χ0) is 46.2. The van der Waals surface area contributed by atoms with Crippen LogP contribution in [0.5, 0.6) is 0 Å². The van der Waals surface area contributed by atoms with Gasteiger partial charge in [0.1, 0.15) is 0 Å². The lowest BCUT2D eigenvalue weighted by Gasteiger charge is -2.34. The van der Waals surface area contributed by atoms with Crippen molar-refractivity contribution in [2.24, 2.45) is 0 Å². The highest BCUT2D eigenvalue weighted by Gasteiger charge is 2.41. The molecule has 0 spiro atoms. The summed E-state index contributed by atoms with van der Waals surface area (Å²) in [6, 6.07) is 101. The summed E-state index contributed by atoms with van der Waals surface area (Å²) in [5, 5.41) is 12.8. The molecule has 14 aromatic rings. The summed E-state index contributed by atoms with van der Waals surface area (Å²) in [5.41, 5.74) is 12.8. The molecule has 0 saturated heterocycles. The second-order valence-corrected chi connectivity index (χ2v) is 22.2. The molecule has 0 atom stereocenters. The van der Waals surface area contributed by atoms with Crippen molar-refractivity contribution in [2.45, 2.75) is 0 Å². The summed E-state index contributed by atoms with van der Waals surface area (Å²) in [4.78, 5) is 0. The van der Waals surface area contributed by atoms with Gasteiger partial charge in [0.2, 0.25) is 0 Å². The molecule has 3 aromatic heterocycles. The highest BCUT2D eigenvalue weighted by molar-refractivity contribution is 7.20. The fourth-order valence-corrected chi connectivity index (χ4v) is 16.6. The fraction of sp³-hybridized carbons (Fsp3) is 0. The number of fused-ring (bicyclic) bond motifs is 9. The van der Waals surface area contributed by atoms with Gasteiger partial charge in [-0.15, -0.1) is 0 Å². The van der Waals surface area contributed by atoms with Gasteiger partial charge in [-0.2, -0.15) is 0 Å². The smallest absolute Gasteiger partial charge is 0.179 e. The molecule has 11 aromatic carbocycles. The monoisotopic (exact) mass is 907 g/mol. The maximum atomic E-state index is 2.54. The number of para-hydroxylation sites is 5. The first kappa shape index (κ1) is 40.1. The van der Waals surface area contributed by atoms with E-state index in [-0.39, 0.29) is 0 Å². The second kappa shape index (κ2) is 16.1. The Morgan fingerprint density at radius 2 is 0.700 bits per heavy atom. The molecule has 0 amide bonds. The molecule has 0 saturated carbocycles. The normalized spacial score (nSPS) is 12.0. The number of rotatable bonds is 8. The van der Waals surface area contributed by atoms with Crippen LogP contribution >= 0.6 is 0 Å². The summed E-state index contributed by atoms with van der Waals surface area (Å²) in [6.07, 6.45) is 0. The van der Waals surface area contributed by atoms with Crippen molar-refractivity contribution in [2.75, 3.05) is 0 Å². The lowest BCUT2D eigenvalue weighted by molar-refractivity contribution is 1.12. The molecule has 0 aliphatic heterocycles. The molecule has 0 fully saturated rings. The van der Waals surface area contributed by atoms with Crippen LogP contribution in [0.2, 0.25) is 0 Å². The minimum Gasteiger partial charge on any atom is -0.309 e. The van der Waals surface area contributed by atoms with Crippen LogP contribution in [0.1, 0.15) is 0 Å². The summed E-state index contributed by atoms with van der Waals surface area (Å²) in [5.74, 6) is 0. The van der Waals surface area contributed by atoms with Crippen LogP contribution < -0.4 is 20.7 Å². The van der Waals surface area contributed by atoms with Gasteiger partial charge in [0.25, 0.3) is 0 Å². The Hall–Kier alpha value is -8.96. The van der Waals surface area contributed by atoms with E-state index in [1.54, 1.807) is 0 Å². The van der Waals surface area contributed by atoms with Crippen LogP contribution in [-0.2, 0) is 0 Å². The standard InChI is InChI=1S/C66H45N3Si/c1-5-22-46(23-6-1)52-30-13-17-35-59(52)69-65-44-47(40-42-56(65)57-34-21-39-64(66(57)69)68-61-37-19-14-31-53(61)54-32-15-20-38-62(54)68)67-60-36-18-16-33-55(60)58-45-51(41-43-63(58)67)70(48-24-7-2-8-25-48,49-26-9-3-10-27-49)50-28-11-4-12-29-50/h1-45H. The van der Waals surface area contributed by atoms with E-state index < -0.39 is 8.07 Å². The Labute approximate surface area is 407 Å². The topological polar surface area (TPSA) is 14.8 Å². The van der Waals surface area contributed by atoms with Gasteiger partial charge in [0.15, 0.2) is 8.07 Å². The first-order valence-electron chi connectivity index (χ1n) is 24.2. The Balaban J connectivity index is 1.07. The van der Waals surface area contributed by atoms with Crippen LogP contribution in [-0.4, -0.2) is 21.8 Å². The molecule has 14 rings (SSSR count). The summed E-state index contributed by atoms with van der Waals surface area (Å²) in [6.45, 7) is 0. The van der Waals surface area contributed by atoms with Crippen molar-refractivity contribution in [3.63, 3.8) is 0 Å². The minimum atomic E-state index is -2.79. The molecule has 3 heterocycles. The molecule has 3 nitrogen and oxygen atoms in total. The predicted molar refractivity (Wildman–Crippen MR) is 299 cm³/mol. The molecule has 0 aliphatic carbocycles. The molecule has 0 N–H and O–H groups in total. The third kappa shape index (κ3) is 5.94. The van der Waals surface area contributed by atoms with Crippen LogP contribution in [0, 0.1) is 0 Å². The van der Waals surface area contributed by atoms with E-state index in [0.29, 0.717) is 0 Å². The minimum absolute atomic E-state index is 1.11. The van der Waals surface area contributed by atoms with Crippen LogP contribution in [0.3, 0.4) is 0 Å². The van der Waals surface area contributed by atoms with Crippen molar-refractivity contribution < 1.29 is 0 Å². The first-order valence-corrected chi connectivity index (χ1v) is 26.2. The van der Waals surface area contributed by atoms with Gasteiger partial charge in [0, 0.05) is 43.6 Å². The number of hydrogen-bond donors (Lipinski definition) is 0. The first-order chi connectivity index (χ1) is 34.8. The van der Waals surface area contributed by atoms with E-state index in [4.69, 9.17) is 0 Å². The lowest BCUT2D eigenvalue weighted by atomic mass is 10.0. The largest absolute Gasteiger partial charge is 0.309 e. The molecule has 70 heavy (non-hydrogen) atoms. The molecule has 328 valence electrons. The third-order valence-corrected chi connectivity index (χ3v) is 19.6. The van der Waals surface area contributed by atoms with Crippen LogP contribution in [0.4, 0.5) is 0 Å². The number of benzene rings is 11. The average molecular weight is 908 g/mol. The third-order valence-electron chi connectivity index (χ3n) is 14.8. The van der Waals surface area contributed by atoms with Gasteiger partial charge in [-0.1, -0.05) is 224 Å². The average Bonchev–Trinajstić information content (AvgIpc) is 4.08. The van der Waals surface area contributed by atoms with E-state index >= 15 is 0 Å². The van der Waals surface area contributed by atoms with Gasteiger partial charge in [-0.25, -0.2) is 0 Å². The summed E-state index contributed by atoms with van der Waals surface area (Å²) >= 11 is 0. The van der Waals surface area contributed by atoms with E-state index in [9.17, 15) is 0 Å². The number of aromatic nitrogens is 3. The molecular formula is C66H45N3Si. The lowest BCUT2D eigenvalue weighted by Crippen LogP contribution is -2.74. The number of nitrogens with zero attached hydrogens (tertiary/aromatic N) is 3. The Morgan fingerprint density at radius 3 is 1.31 bits per heavy atom. The number of hydrogen-bond acceptors (Lipinski definition) is 0. The molecular weight excluding hydrogens is 863 g/mol. The van der Waals surface area contributed by atoms with E-state index in [1.165, 1.54) is 91.8 Å². The Kier molecular flexibility index (Phi) is 9.23. The zero-order valence-electron chi connectivity index (χ0n) is 38.3. The van der Waals surface area contributed by atoms with E-state index in [0.717, 1.165) is 22.6 Å². The van der Waals surface area contributed by atoms with Crippen molar-refractivity contribution >= 4 is 94.2 Å². The molecule has 0 bridgehead atoms. The van der Waals surface area contributed by atoms with Gasteiger partial charge in [0.05, 0.1) is 44.5 Å². The van der Waals surface area contributed by atoms with E-state index in [1.807, 2.05) is 0 Å². The van der Waals surface area contributed by atoms with Crippen molar-refractivity contribution in [3.8, 4) is 28.2 Å². The van der Waals surface area contributed by atoms with Crippen LogP contribution in [0.15, 0.2) is 273 Å². The van der Waals surface area contributed by atoms with Crippen molar-refractivity contribution in [3.05, 3.63) is 273 Å². The molecule has 0 radical (unpaired) electrons. The zero-order valence-corrected chi connectivity index (χ0v) is 39.3. The molecule has 4 heteroatoms. The highest BCUT2D eigenvalue weighted by atomic mass is 28.3. The van der Waals surface area contributed by atoms with Crippen molar-refractivity contribution in [1.82, 2.24) is 13.7 Å². The fourth-order valence-electron chi connectivity index (χ4n) is 11.9. The van der Waals surface area contributed by atoms with Crippen molar-refractivity contribution in [1.29, 1.82) is 0 Å². The van der Waals surface area contributed by atoms with Gasteiger partial charge >= 0.3 is 0 Å².